The van der Waals surface area contributed by atoms with Crippen molar-refractivity contribution in [2.75, 3.05) is 0 Å². The van der Waals surface area contributed by atoms with Crippen molar-refractivity contribution in [3.05, 3.63) is 48.6 Å². The van der Waals surface area contributed by atoms with Crippen molar-refractivity contribution in [2.24, 2.45) is 0 Å². The van der Waals surface area contributed by atoms with Gasteiger partial charge in [0.25, 0.3) is 0 Å². The molecule has 0 aliphatic heterocycles. The van der Waals surface area contributed by atoms with Gasteiger partial charge in [-0.25, -0.2) is 0 Å². The molecule has 2 aliphatic carbocycles. The summed E-state index contributed by atoms with van der Waals surface area (Å²) < 4.78 is 0.957. The maximum atomic E-state index is 2.52. The normalized spacial score (nSPS) is 21.4. The summed E-state index contributed by atoms with van der Waals surface area (Å²) in [5.74, 6) is 0. The third-order valence-corrected chi connectivity index (χ3v) is 9.31. The summed E-state index contributed by atoms with van der Waals surface area (Å²) in [7, 11) is 0. The topological polar surface area (TPSA) is 0 Å². The molecule has 0 saturated heterocycles. The van der Waals surface area contributed by atoms with Gasteiger partial charge >= 0.3 is 130 Å². The Kier molecular flexibility index (Phi) is 5.63. The first-order valence-corrected chi connectivity index (χ1v) is 10.2. The van der Waals surface area contributed by atoms with Crippen LogP contribution in [-0.4, -0.2) is 0 Å². The van der Waals surface area contributed by atoms with E-state index in [1.165, 1.54) is 38.5 Å². The molecule has 0 bridgehead atoms. The van der Waals surface area contributed by atoms with Crippen molar-refractivity contribution in [1.29, 1.82) is 0 Å². The Labute approximate surface area is 130 Å². The van der Waals surface area contributed by atoms with Crippen LogP contribution in [0.2, 0.25) is 6.25 Å². The van der Waals surface area contributed by atoms with Crippen LogP contribution >= 0.6 is 0 Å². The van der Waals surface area contributed by atoms with Crippen LogP contribution in [0.1, 0.15) is 52.4 Å². The molecular weight excluding hydrogens is 307 g/mol. The van der Waals surface area contributed by atoms with Crippen LogP contribution in [0.4, 0.5) is 0 Å². The first kappa shape index (κ1) is 15.2. The Balaban J connectivity index is 2.10. The molecule has 0 aromatic heterocycles. The van der Waals surface area contributed by atoms with E-state index < -0.39 is 23.2 Å². The summed E-state index contributed by atoms with van der Waals surface area (Å²) in [4.78, 5) is 0. The Bertz CT molecular complexity index is 336. The maximum absolute atomic E-state index is 2.52. The number of hydrogen-bond donors (Lipinski definition) is 0. The molecule has 103 valence electrons. The zero-order valence-electron chi connectivity index (χ0n) is 12.4. The van der Waals surface area contributed by atoms with Gasteiger partial charge in [-0.05, 0) is 0 Å². The van der Waals surface area contributed by atoms with Gasteiger partial charge in [0.05, 0.1) is 0 Å². The quantitative estimate of drug-likeness (QED) is 0.509. The Morgan fingerprint density at radius 1 is 0.684 bits per heavy atom. The number of unbranched alkanes of at least 4 members (excludes halogenated alkanes) is 2. The van der Waals surface area contributed by atoms with Gasteiger partial charge < -0.3 is 0 Å². The van der Waals surface area contributed by atoms with E-state index in [2.05, 4.69) is 62.5 Å². The third kappa shape index (κ3) is 3.91. The van der Waals surface area contributed by atoms with Crippen LogP contribution in [0.5, 0.6) is 0 Å². The van der Waals surface area contributed by atoms with E-state index >= 15 is 0 Å². The Hall–Kier alpha value is -0.157. The molecule has 0 aromatic rings. The molecule has 2 rings (SSSR count). The fourth-order valence-electron chi connectivity index (χ4n) is 3.02. The third-order valence-electron chi connectivity index (χ3n) is 4.15. The van der Waals surface area contributed by atoms with Gasteiger partial charge in [0, 0.05) is 0 Å². The van der Waals surface area contributed by atoms with Crippen molar-refractivity contribution in [1.82, 2.24) is 0 Å². The summed E-state index contributed by atoms with van der Waals surface area (Å²) in [6.07, 6.45) is 27.3. The number of allylic oxidation sites excluding steroid dienone is 8. The molecule has 0 fully saturated rings. The van der Waals surface area contributed by atoms with Crippen LogP contribution < -0.4 is 0 Å². The fourth-order valence-corrected chi connectivity index (χ4v) is 8.40. The summed E-state index contributed by atoms with van der Waals surface area (Å²) in [5.41, 5.74) is 0. The van der Waals surface area contributed by atoms with Crippen molar-refractivity contribution in [2.45, 2.75) is 58.6 Å². The number of rotatable bonds is 8. The second-order valence-electron chi connectivity index (χ2n) is 5.85. The molecule has 0 unspecified atom stereocenters. The molecule has 0 heterocycles. The minimum atomic E-state index is -0.571. The summed E-state index contributed by atoms with van der Waals surface area (Å²) in [6.45, 7) is 4.62. The van der Waals surface area contributed by atoms with Gasteiger partial charge in [-0.1, -0.05) is 0 Å². The van der Waals surface area contributed by atoms with E-state index in [1.54, 1.807) is 0 Å². The molecule has 0 atom stereocenters. The van der Waals surface area contributed by atoms with Gasteiger partial charge in [0.1, 0.15) is 0 Å². The van der Waals surface area contributed by atoms with Crippen LogP contribution in [0.25, 0.3) is 0 Å². The van der Waals surface area contributed by atoms with E-state index in [0.29, 0.717) is 6.25 Å². The van der Waals surface area contributed by atoms with Crippen molar-refractivity contribution in [3.8, 4) is 0 Å². The summed E-state index contributed by atoms with van der Waals surface area (Å²) >= 11 is -0.571. The molecular formula is C18H26Zr-. The standard InChI is InChI=1S/2C9H13.Zr/c2*1-2-3-6-9-7-4-5-8-9;/h2*4-5,7-8H,2-3,6H2,1H3;/q;;-1. The van der Waals surface area contributed by atoms with E-state index in [9.17, 15) is 0 Å². The minimum absolute atomic E-state index is 0.478. The van der Waals surface area contributed by atoms with Crippen molar-refractivity contribution in [3.63, 3.8) is 0 Å². The summed E-state index contributed by atoms with van der Waals surface area (Å²) in [5, 5.41) is 0. The van der Waals surface area contributed by atoms with Crippen LogP contribution in [0.3, 0.4) is 0 Å². The first-order valence-electron chi connectivity index (χ1n) is 7.78. The van der Waals surface area contributed by atoms with E-state index in [4.69, 9.17) is 0 Å². The monoisotopic (exact) mass is 332 g/mol. The van der Waals surface area contributed by atoms with Gasteiger partial charge in [-0.15, -0.1) is 0 Å². The molecule has 19 heavy (non-hydrogen) atoms. The van der Waals surface area contributed by atoms with Gasteiger partial charge in [0.2, 0.25) is 0 Å². The predicted octanol–water partition coefficient (Wildman–Crippen LogP) is 6.02. The van der Waals surface area contributed by atoms with Gasteiger partial charge in [-0.3, -0.25) is 0 Å². The SMILES string of the molecule is CCCC[C]1([Zr-][C]2(CCCC)C=CC=C2)C=CC=C1. The summed E-state index contributed by atoms with van der Waals surface area (Å²) in [6, 6.07) is 0. The molecule has 0 saturated carbocycles. The van der Waals surface area contributed by atoms with Crippen LogP contribution in [-0.2, 0) is 23.2 Å². The van der Waals surface area contributed by atoms with Crippen LogP contribution in [0.15, 0.2) is 48.6 Å². The van der Waals surface area contributed by atoms with Gasteiger partial charge in [-0.2, -0.15) is 0 Å². The second kappa shape index (κ2) is 7.03. The number of hydrogen-bond acceptors (Lipinski definition) is 0. The molecule has 2 aliphatic rings. The average Bonchev–Trinajstić information content (AvgIpc) is 3.05. The molecule has 0 aromatic carbocycles. The zero-order chi connectivity index (χ0) is 13.6. The van der Waals surface area contributed by atoms with Crippen LogP contribution in [0, 0.1) is 0 Å². The predicted molar refractivity (Wildman–Crippen MR) is 81.0 cm³/mol. The van der Waals surface area contributed by atoms with E-state index in [1.807, 2.05) is 0 Å². The Morgan fingerprint density at radius 3 is 1.37 bits per heavy atom. The molecule has 0 radical (unpaired) electrons. The molecule has 0 nitrogen and oxygen atoms in total. The van der Waals surface area contributed by atoms with E-state index in [-0.39, 0.29) is 0 Å². The molecule has 1 heteroatoms. The average molecular weight is 334 g/mol. The second-order valence-corrected chi connectivity index (χ2v) is 11.0. The Morgan fingerprint density at radius 2 is 1.05 bits per heavy atom. The van der Waals surface area contributed by atoms with Crippen molar-refractivity contribution < 1.29 is 23.2 Å². The zero-order valence-corrected chi connectivity index (χ0v) is 14.8. The van der Waals surface area contributed by atoms with E-state index in [0.717, 1.165) is 0 Å². The molecule has 0 N–H and O–H groups in total. The fraction of sp³-hybridized carbons (Fsp3) is 0.556. The first-order chi connectivity index (χ1) is 9.24. The van der Waals surface area contributed by atoms with Crippen molar-refractivity contribution >= 4 is 0 Å². The molecule has 0 spiro atoms. The molecule has 0 amide bonds. The van der Waals surface area contributed by atoms with Gasteiger partial charge in [0.15, 0.2) is 0 Å².